The molecule has 0 spiro atoms. The predicted molar refractivity (Wildman–Crippen MR) is 138 cm³/mol. The smallest absolute Gasteiger partial charge is 0.256 e. The molecule has 170 valence electrons. The number of hydrogen-bond donors (Lipinski definition) is 1. The lowest BCUT2D eigenvalue weighted by atomic mass is 9.76. The minimum absolute atomic E-state index is 0.211. The summed E-state index contributed by atoms with van der Waals surface area (Å²) < 4.78 is 0. The summed E-state index contributed by atoms with van der Waals surface area (Å²) in [7, 11) is 0. The van der Waals surface area contributed by atoms with Gasteiger partial charge in [-0.2, -0.15) is 0 Å². The Morgan fingerprint density at radius 2 is 1.88 bits per heavy atom. The molecule has 0 bridgehead atoms. The summed E-state index contributed by atoms with van der Waals surface area (Å²) in [5.74, 6) is 0.349. The van der Waals surface area contributed by atoms with E-state index in [4.69, 9.17) is 0 Å². The fraction of sp³-hybridized carbons (Fsp3) is 0.267. The van der Waals surface area contributed by atoms with Gasteiger partial charge >= 0.3 is 0 Å². The molecule has 0 heterocycles. The number of amides is 1. The van der Waals surface area contributed by atoms with Gasteiger partial charge in [-0.05, 0) is 79.0 Å². The molecule has 3 nitrogen and oxygen atoms in total. The number of allylic oxidation sites excluding steroid dienone is 4. The minimum atomic E-state index is -0.211. The maximum Gasteiger partial charge on any atom is 0.256 e. The average molecular weight is 440 g/mol. The Morgan fingerprint density at radius 1 is 1.12 bits per heavy atom. The first-order valence-electron chi connectivity index (χ1n) is 11.7. The Morgan fingerprint density at radius 3 is 2.48 bits per heavy atom. The van der Waals surface area contributed by atoms with Crippen molar-refractivity contribution in [3.8, 4) is 0 Å². The highest BCUT2D eigenvalue weighted by Crippen LogP contribution is 2.40. The van der Waals surface area contributed by atoms with Crippen LogP contribution >= 0.6 is 0 Å². The van der Waals surface area contributed by atoms with Gasteiger partial charge < -0.3 is 5.32 Å². The van der Waals surface area contributed by atoms with E-state index in [1.807, 2.05) is 31.2 Å². The van der Waals surface area contributed by atoms with E-state index in [1.54, 1.807) is 25.2 Å². The number of carbonyl (C=O) groups excluding carboxylic acids is 2. The van der Waals surface area contributed by atoms with Crippen LogP contribution in [0.15, 0.2) is 78.5 Å². The Hall–Kier alpha value is -3.46. The van der Waals surface area contributed by atoms with Gasteiger partial charge in [0.05, 0.1) is 0 Å². The van der Waals surface area contributed by atoms with Crippen molar-refractivity contribution in [2.24, 2.45) is 0 Å². The third-order valence-corrected chi connectivity index (χ3v) is 6.35. The van der Waals surface area contributed by atoms with Crippen LogP contribution in [-0.2, 0) is 16.0 Å². The molecule has 1 amide bonds. The van der Waals surface area contributed by atoms with E-state index in [2.05, 4.69) is 43.1 Å². The van der Waals surface area contributed by atoms with E-state index in [0.717, 1.165) is 29.4 Å². The second-order valence-corrected chi connectivity index (χ2v) is 8.49. The van der Waals surface area contributed by atoms with Crippen LogP contribution in [-0.4, -0.2) is 12.2 Å². The van der Waals surface area contributed by atoms with Crippen LogP contribution in [0, 0.1) is 6.92 Å². The van der Waals surface area contributed by atoms with Crippen molar-refractivity contribution in [2.45, 2.75) is 52.4 Å². The zero-order valence-corrected chi connectivity index (χ0v) is 19.9. The number of benzene rings is 2. The van der Waals surface area contributed by atoms with E-state index >= 15 is 0 Å². The maximum atomic E-state index is 13.5. The molecule has 1 aliphatic rings. The molecule has 1 N–H and O–H groups in total. The van der Waals surface area contributed by atoms with Crippen LogP contribution in [0.5, 0.6) is 0 Å². The van der Waals surface area contributed by atoms with Gasteiger partial charge in [0, 0.05) is 16.8 Å². The van der Waals surface area contributed by atoms with Gasteiger partial charge in [-0.25, -0.2) is 0 Å². The van der Waals surface area contributed by atoms with Crippen LogP contribution in [0.2, 0.25) is 0 Å². The number of aryl methyl sites for hydroxylation is 2. The molecule has 0 radical (unpaired) electrons. The zero-order valence-electron chi connectivity index (χ0n) is 19.9. The molecule has 0 saturated heterocycles. The zero-order chi connectivity index (χ0) is 23.8. The molecule has 2 aromatic rings. The Kier molecular flexibility index (Phi) is 8.37. The summed E-state index contributed by atoms with van der Waals surface area (Å²) in [5, 5.41) is 2.91. The van der Waals surface area contributed by atoms with Gasteiger partial charge in [-0.1, -0.05) is 74.5 Å². The first kappa shape index (κ1) is 24.2. The normalized spacial score (nSPS) is 14.8. The van der Waals surface area contributed by atoms with E-state index < -0.39 is 0 Å². The molecule has 2 aromatic carbocycles. The summed E-state index contributed by atoms with van der Waals surface area (Å²) in [5.41, 5.74) is 7.27. The fourth-order valence-corrected chi connectivity index (χ4v) is 4.13. The van der Waals surface area contributed by atoms with Crippen LogP contribution in [0.4, 0.5) is 0 Å². The summed E-state index contributed by atoms with van der Waals surface area (Å²) in [6, 6.07) is 14.4. The van der Waals surface area contributed by atoms with Gasteiger partial charge in [0.2, 0.25) is 0 Å². The molecule has 33 heavy (non-hydrogen) atoms. The van der Waals surface area contributed by atoms with Gasteiger partial charge in [0.15, 0.2) is 0 Å². The van der Waals surface area contributed by atoms with Crippen LogP contribution in [0.25, 0.3) is 11.6 Å². The van der Waals surface area contributed by atoms with Crippen molar-refractivity contribution in [2.75, 3.05) is 0 Å². The molecule has 1 saturated carbocycles. The van der Waals surface area contributed by atoms with Crippen molar-refractivity contribution < 1.29 is 9.59 Å². The number of carbonyl (C=O) groups is 2. The van der Waals surface area contributed by atoms with Crippen molar-refractivity contribution >= 4 is 23.8 Å². The number of aldehydes is 1. The van der Waals surface area contributed by atoms with Crippen LogP contribution in [0.3, 0.4) is 0 Å². The quantitative estimate of drug-likeness (QED) is 0.205. The fourth-order valence-electron chi connectivity index (χ4n) is 4.13. The first-order chi connectivity index (χ1) is 16.0. The van der Waals surface area contributed by atoms with E-state index in [0.29, 0.717) is 22.8 Å². The number of nitrogens with one attached hydrogen (secondary N) is 1. The lowest BCUT2D eigenvalue weighted by Crippen LogP contribution is -2.23. The van der Waals surface area contributed by atoms with Gasteiger partial charge in [0.25, 0.3) is 5.91 Å². The standard InChI is InChI=1S/C30H33NO2/c1-5-23(20-32)18-17-22(4)31-30(33)29(26-15-8-7-11-21(26)3)19-28-24(6-2)12-10-16-27(28)25-13-9-14-25/h5,7-8,10-12,15-20,25H,4,6,9,13-14H2,1-3H3,(H,31,33)/b18-17-,23-5+,29-19-. The maximum absolute atomic E-state index is 13.5. The third kappa shape index (κ3) is 5.87. The molecule has 1 aliphatic carbocycles. The van der Waals surface area contributed by atoms with Crippen molar-refractivity contribution in [3.63, 3.8) is 0 Å². The second-order valence-electron chi connectivity index (χ2n) is 8.49. The van der Waals surface area contributed by atoms with Crippen LogP contribution < -0.4 is 5.32 Å². The molecular weight excluding hydrogens is 406 g/mol. The number of rotatable bonds is 9. The van der Waals surface area contributed by atoms with E-state index in [9.17, 15) is 9.59 Å². The molecule has 1 fully saturated rings. The van der Waals surface area contributed by atoms with Gasteiger partial charge in [0.1, 0.15) is 6.29 Å². The predicted octanol–water partition coefficient (Wildman–Crippen LogP) is 6.70. The van der Waals surface area contributed by atoms with Crippen LogP contribution in [0.1, 0.15) is 66.8 Å². The molecule has 0 unspecified atom stereocenters. The molecule has 3 heteroatoms. The van der Waals surface area contributed by atoms with Crippen molar-refractivity contribution in [1.82, 2.24) is 5.32 Å². The average Bonchev–Trinajstić information content (AvgIpc) is 2.78. The molecule has 3 rings (SSSR count). The number of hydrogen-bond acceptors (Lipinski definition) is 2. The lowest BCUT2D eigenvalue weighted by molar-refractivity contribution is -0.114. The second kappa shape index (κ2) is 11.4. The van der Waals surface area contributed by atoms with Crippen molar-refractivity contribution in [3.05, 3.63) is 106 Å². The summed E-state index contributed by atoms with van der Waals surface area (Å²) in [6.45, 7) is 9.92. The summed E-state index contributed by atoms with van der Waals surface area (Å²) in [4.78, 5) is 24.5. The largest absolute Gasteiger partial charge is 0.323 e. The Labute approximate surface area is 197 Å². The minimum Gasteiger partial charge on any atom is -0.323 e. The lowest BCUT2D eigenvalue weighted by Gasteiger charge is -2.28. The van der Waals surface area contributed by atoms with E-state index in [-0.39, 0.29) is 5.91 Å². The summed E-state index contributed by atoms with van der Waals surface area (Å²) >= 11 is 0. The van der Waals surface area contributed by atoms with Crippen molar-refractivity contribution in [1.29, 1.82) is 0 Å². The van der Waals surface area contributed by atoms with Gasteiger partial charge in [-0.15, -0.1) is 0 Å². The highest BCUT2D eigenvalue weighted by molar-refractivity contribution is 6.25. The van der Waals surface area contributed by atoms with Gasteiger partial charge in [-0.3, -0.25) is 9.59 Å². The molecule has 0 atom stereocenters. The molecule has 0 aromatic heterocycles. The highest BCUT2D eigenvalue weighted by atomic mass is 16.1. The summed E-state index contributed by atoms with van der Waals surface area (Å²) in [6.07, 6.45) is 12.4. The first-order valence-corrected chi connectivity index (χ1v) is 11.7. The third-order valence-electron chi connectivity index (χ3n) is 6.35. The Balaban J connectivity index is 2.05. The monoisotopic (exact) mass is 439 g/mol. The van der Waals surface area contributed by atoms with E-state index in [1.165, 1.54) is 30.4 Å². The Bertz CT molecular complexity index is 1130. The molecular formula is C30H33NO2. The topological polar surface area (TPSA) is 46.2 Å². The highest BCUT2D eigenvalue weighted by Gasteiger charge is 2.24. The SMILES string of the molecule is C=C(/C=C\C(C=O)=C/C)NC(=O)/C(=C\c1c(CC)cccc1C1CCC1)c1ccccc1C. The molecule has 0 aliphatic heterocycles.